The van der Waals surface area contributed by atoms with Gasteiger partial charge in [-0.2, -0.15) is 0 Å². The van der Waals surface area contributed by atoms with E-state index in [0.717, 1.165) is 22.3 Å². The van der Waals surface area contributed by atoms with E-state index in [9.17, 15) is 4.79 Å². The van der Waals surface area contributed by atoms with Crippen molar-refractivity contribution >= 4 is 11.7 Å². The first-order valence-corrected chi connectivity index (χ1v) is 5.79. The smallest absolute Gasteiger partial charge is 0.252 e. The molecule has 1 heterocycles. The lowest BCUT2D eigenvalue weighted by molar-refractivity contribution is 0.100. The number of aryl methyl sites for hydroxylation is 1. The van der Waals surface area contributed by atoms with Crippen molar-refractivity contribution in [2.75, 3.05) is 5.73 Å². The van der Waals surface area contributed by atoms with Gasteiger partial charge in [-0.15, -0.1) is 0 Å². The van der Waals surface area contributed by atoms with E-state index in [4.69, 9.17) is 16.6 Å². The minimum absolute atomic E-state index is 0.00135. The molecule has 2 aromatic rings. The fraction of sp³-hybridized carbons (Fsp3) is 0.143. The molecule has 0 aliphatic rings. The third-order valence-electron chi connectivity index (χ3n) is 3.03. The van der Waals surface area contributed by atoms with Crippen LogP contribution in [0.15, 0.2) is 30.5 Å². The predicted octanol–water partition coefficient (Wildman–Crippen LogP) is 1.23. The standard InChI is InChI=1S/C14H15N3O2/c1-8-4-9(2-3-10(8)7-18)11-5-12(14(16)19)13(15)17-6-11/h2-6,18H,7H2,1H3,(H2,15,17)(H2,16,19). The average Bonchev–Trinajstić information content (AvgIpc) is 2.38. The Morgan fingerprint density at radius 2 is 2.05 bits per heavy atom. The quantitative estimate of drug-likeness (QED) is 0.769. The molecule has 0 aliphatic carbocycles. The molecule has 1 aromatic carbocycles. The lowest BCUT2D eigenvalue weighted by Crippen LogP contribution is -2.14. The number of carbonyl (C=O) groups is 1. The van der Waals surface area contributed by atoms with E-state index >= 15 is 0 Å². The number of benzene rings is 1. The van der Waals surface area contributed by atoms with Crippen molar-refractivity contribution in [3.05, 3.63) is 47.2 Å². The first-order chi connectivity index (χ1) is 9.02. The Bertz CT molecular complexity index is 639. The number of nitrogens with two attached hydrogens (primary N) is 2. The molecule has 0 atom stereocenters. The van der Waals surface area contributed by atoms with Crippen LogP contribution in [0, 0.1) is 6.92 Å². The van der Waals surface area contributed by atoms with Crippen LogP contribution in [0.3, 0.4) is 0 Å². The number of hydrogen-bond donors (Lipinski definition) is 3. The summed E-state index contributed by atoms with van der Waals surface area (Å²) in [4.78, 5) is 15.2. The normalized spacial score (nSPS) is 10.4. The molecule has 5 nitrogen and oxygen atoms in total. The van der Waals surface area contributed by atoms with Gasteiger partial charge in [0, 0.05) is 11.8 Å². The Morgan fingerprint density at radius 3 is 2.63 bits per heavy atom. The summed E-state index contributed by atoms with van der Waals surface area (Å²) in [5.74, 6) is -0.476. The number of primary amides is 1. The summed E-state index contributed by atoms with van der Waals surface area (Å²) in [6, 6.07) is 7.24. The average molecular weight is 257 g/mol. The van der Waals surface area contributed by atoms with Crippen LogP contribution < -0.4 is 11.5 Å². The van der Waals surface area contributed by atoms with Gasteiger partial charge in [-0.25, -0.2) is 4.98 Å². The number of aromatic nitrogens is 1. The monoisotopic (exact) mass is 257 g/mol. The van der Waals surface area contributed by atoms with E-state index < -0.39 is 5.91 Å². The van der Waals surface area contributed by atoms with Crippen molar-refractivity contribution in [2.24, 2.45) is 5.73 Å². The fourth-order valence-electron chi connectivity index (χ4n) is 1.88. The van der Waals surface area contributed by atoms with E-state index in [-0.39, 0.29) is 18.0 Å². The summed E-state index contributed by atoms with van der Waals surface area (Å²) in [6.07, 6.45) is 1.59. The first-order valence-electron chi connectivity index (χ1n) is 5.79. The number of aliphatic hydroxyl groups excluding tert-OH is 1. The molecule has 5 heteroatoms. The molecule has 0 aliphatic heterocycles. The largest absolute Gasteiger partial charge is 0.392 e. The second-order valence-electron chi connectivity index (χ2n) is 4.32. The molecule has 0 bridgehead atoms. The van der Waals surface area contributed by atoms with Crippen LogP contribution in [0.2, 0.25) is 0 Å². The van der Waals surface area contributed by atoms with Crippen LogP contribution >= 0.6 is 0 Å². The molecule has 5 N–H and O–H groups in total. The highest BCUT2D eigenvalue weighted by molar-refractivity contribution is 5.98. The van der Waals surface area contributed by atoms with Crippen LogP contribution in [0.1, 0.15) is 21.5 Å². The molecule has 0 saturated carbocycles. The molecule has 0 spiro atoms. The summed E-state index contributed by atoms with van der Waals surface area (Å²) in [5.41, 5.74) is 14.5. The maximum Gasteiger partial charge on any atom is 0.252 e. The number of aliphatic hydroxyl groups is 1. The molecule has 0 saturated heterocycles. The SMILES string of the molecule is Cc1cc(-c2cnc(N)c(C(N)=O)c2)ccc1CO. The number of rotatable bonds is 3. The highest BCUT2D eigenvalue weighted by Gasteiger charge is 2.10. The molecule has 1 aromatic heterocycles. The lowest BCUT2D eigenvalue weighted by Gasteiger charge is -2.08. The number of hydrogen-bond acceptors (Lipinski definition) is 4. The molecule has 1 amide bonds. The Labute approximate surface area is 110 Å². The number of nitrogens with zero attached hydrogens (tertiary/aromatic N) is 1. The van der Waals surface area contributed by atoms with Gasteiger partial charge in [0.2, 0.25) is 0 Å². The third-order valence-corrected chi connectivity index (χ3v) is 3.03. The zero-order valence-corrected chi connectivity index (χ0v) is 10.6. The van der Waals surface area contributed by atoms with E-state index in [0.29, 0.717) is 0 Å². The predicted molar refractivity (Wildman–Crippen MR) is 73.3 cm³/mol. The van der Waals surface area contributed by atoms with Crippen LogP contribution in [0.5, 0.6) is 0 Å². The zero-order valence-electron chi connectivity index (χ0n) is 10.6. The topological polar surface area (TPSA) is 102 Å². The zero-order chi connectivity index (χ0) is 14.0. The van der Waals surface area contributed by atoms with Crippen LogP contribution in [-0.2, 0) is 6.61 Å². The van der Waals surface area contributed by atoms with Gasteiger partial charge >= 0.3 is 0 Å². The number of nitrogen functional groups attached to an aromatic ring is 1. The molecule has 0 radical (unpaired) electrons. The summed E-state index contributed by atoms with van der Waals surface area (Å²) >= 11 is 0. The van der Waals surface area contributed by atoms with Gasteiger partial charge < -0.3 is 16.6 Å². The fourth-order valence-corrected chi connectivity index (χ4v) is 1.88. The van der Waals surface area contributed by atoms with Gasteiger partial charge in [-0.1, -0.05) is 18.2 Å². The number of pyridine rings is 1. The van der Waals surface area contributed by atoms with Gasteiger partial charge in [-0.3, -0.25) is 4.79 Å². The summed E-state index contributed by atoms with van der Waals surface area (Å²) in [7, 11) is 0. The molecule has 98 valence electrons. The van der Waals surface area contributed by atoms with Gasteiger partial charge in [0.25, 0.3) is 5.91 Å². The van der Waals surface area contributed by atoms with Crippen molar-refractivity contribution < 1.29 is 9.90 Å². The lowest BCUT2D eigenvalue weighted by atomic mass is 10.00. The van der Waals surface area contributed by atoms with Gasteiger partial charge in [0.1, 0.15) is 5.82 Å². The van der Waals surface area contributed by atoms with E-state index in [2.05, 4.69) is 4.98 Å². The van der Waals surface area contributed by atoms with Crippen molar-refractivity contribution in [2.45, 2.75) is 13.5 Å². The van der Waals surface area contributed by atoms with Gasteiger partial charge in [0.05, 0.1) is 12.2 Å². The molecule has 0 unspecified atom stereocenters. The maximum atomic E-state index is 11.2. The number of carbonyl (C=O) groups excluding carboxylic acids is 1. The highest BCUT2D eigenvalue weighted by atomic mass is 16.3. The van der Waals surface area contributed by atoms with Crippen LogP contribution in [0.4, 0.5) is 5.82 Å². The number of anilines is 1. The Balaban J connectivity index is 2.50. The Morgan fingerprint density at radius 1 is 1.32 bits per heavy atom. The summed E-state index contributed by atoms with van der Waals surface area (Å²) in [6.45, 7) is 1.91. The van der Waals surface area contributed by atoms with Gasteiger partial charge in [-0.05, 0) is 29.7 Å². The van der Waals surface area contributed by atoms with Crippen LogP contribution in [-0.4, -0.2) is 16.0 Å². The summed E-state index contributed by atoms with van der Waals surface area (Å²) < 4.78 is 0. The Hall–Kier alpha value is -2.40. The van der Waals surface area contributed by atoms with Crippen molar-refractivity contribution in [1.82, 2.24) is 4.98 Å². The summed E-state index contributed by atoms with van der Waals surface area (Å²) in [5, 5.41) is 9.14. The molecule has 2 rings (SSSR count). The van der Waals surface area contributed by atoms with Gasteiger partial charge in [0.15, 0.2) is 0 Å². The number of amides is 1. The minimum atomic E-state index is -0.601. The minimum Gasteiger partial charge on any atom is -0.392 e. The van der Waals surface area contributed by atoms with E-state index in [1.807, 2.05) is 25.1 Å². The van der Waals surface area contributed by atoms with E-state index in [1.54, 1.807) is 12.3 Å². The second kappa shape index (κ2) is 5.07. The molecule has 19 heavy (non-hydrogen) atoms. The third kappa shape index (κ3) is 2.56. The van der Waals surface area contributed by atoms with Crippen molar-refractivity contribution in [1.29, 1.82) is 0 Å². The van der Waals surface area contributed by atoms with E-state index in [1.165, 1.54) is 0 Å². The molecule has 0 fully saturated rings. The Kier molecular flexibility index (Phi) is 3.48. The maximum absolute atomic E-state index is 11.2. The molecular weight excluding hydrogens is 242 g/mol. The second-order valence-corrected chi connectivity index (χ2v) is 4.32. The first kappa shape index (κ1) is 13.0. The van der Waals surface area contributed by atoms with Crippen molar-refractivity contribution in [3.63, 3.8) is 0 Å². The van der Waals surface area contributed by atoms with Crippen molar-refractivity contribution in [3.8, 4) is 11.1 Å². The molecular formula is C14H15N3O2. The highest BCUT2D eigenvalue weighted by Crippen LogP contribution is 2.24. The van der Waals surface area contributed by atoms with Crippen LogP contribution in [0.25, 0.3) is 11.1 Å².